The minimum atomic E-state index is 0.299. The third-order valence-electron chi connectivity index (χ3n) is 4.40. The number of quaternary nitrogens is 1. The molecule has 0 radical (unpaired) electrons. The first-order valence-corrected chi connectivity index (χ1v) is 7.59. The number of hydrogen-bond donors (Lipinski definition) is 1. The number of rotatable bonds is 2. The molecule has 1 aliphatic rings. The summed E-state index contributed by atoms with van der Waals surface area (Å²) in [6, 6.07) is 21.7. The summed E-state index contributed by atoms with van der Waals surface area (Å²) in [5.74, 6) is 0.899. The molecular formula is C19H19N2O+. The lowest BCUT2D eigenvalue weighted by Crippen LogP contribution is -2.83. The highest BCUT2D eigenvalue weighted by atomic mass is 16.5. The number of para-hydroxylation sites is 1. The van der Waals surface area contributed by atoms with Gasteiger partial charge < -0.3 is 14.6 Å². The van der Waals surface area contributed by atoms with Gasteiger partial charge in [-0.05, 0) is 42.5 Å². The maximum absolute atomic E-state index is 5.27. The third kappa shape index (κ3) is 2.11. The number of methoxy groups -OCH3 is 1. The van der Waals surface area contributed by atoms with Gasteiger partial charge in [0.15, 0.2) is 6.04 Å². The van der Waals surface area contributed by atoms with E-state index >= 15 is 0 Å². The van der Waals surface area contributed by atoms with Crippen LogP contribution in [0.5, 0.6) is 5.75 Å². The fourth-order valence-electron chi connectivity index (χ4n) is 3.27. The van der Waals surface area contributed by atoms with Crippen LogP contribution >= 0.6 is 0 Å². The van der Waals surface area contributed by atoms with E-state index in [1.807, 2.05) is 12.1 Å². The first-order chi connectivity index (χ1) is 10.9. The lowest BCUT2D eigenvalue weighted by molar-refractivity contribution is -0.702. The number of hydrogen-bond acceptors (Lipinski definition) is 1. The van der Waals surface area contributed by atoms with Gasteiger partial charge in [0.1, 0.15) is 12.3 Å². The minimum Gasteiger partial charge on any atom is -0.497 e. The van der Waals surface area contributed by atoms with Gasteiger partial charge in [0, 0.05) is 17.3 Å². The van der Waals surface area contributed by atoms with Gasteiger partial charge in [0.2, 0.25) is 0 Å². The van der Waals surface area contributed by atoms with Crippen LogP contribution in [-0.4, -0.2) is 11.7 Å². The van der Waals surface area contributed by atoms with Crippen molar-refractivity contribution in [2.24, 2.45) is 0 Å². The van der Waals surface area contributed by atoms with Crippen LogP contribution in [0.25, 0.3) is 5.69 Å². The smallest absolute Gasteiger partial charge is 0.153 e. The van der Waals surface area contributed by atoms with Crippen molar-refractivity contribution in [3.8, 4) is 11.4 Å². The second-order valence-electron chi connectivity index (χ2n) is 5.62. The molecule has 0 bridgehead atoms. The second-order valence-corrected chi connectivity index (χ2v) is 5.62. The Kier molecular flexibility index (Phi) is 3.20. The highest BCUT2D eigenvalue weighted by Gasteiger charge is 2.25. The van der Waals surface area contributed by atoms with Crippen molar-refractivity contribution >= 4 is 0 Å². The zero-order valence-electron chi connectivity index (χ0n) is 12.6. The topological polar surface area (TPSA) is 30.8 Å². The van der Waals surface area contributed by atoms with Gasteiger partial charge >= 0.3 is 0 Å². The van der Waals surface area contributed by atoms with Crippen LogP contribution in [0.4, 0.5) is 0 Å². The van der Waals surface area contributed by atoms with Gasteiger partial charge in [-0.3, -0.25) is 0 Å². The van der Waals surface area contributed by atoms with Crippen LogP contribution in [-0.2, 0) is 6.54 Å². The Bertz CT molecular complexity index is 789. The van der Waals surface area contributed by atoms with Gasteiger partial charge in [0.05, 0.1) is 18.5 Å². The first-order valence-electron chi connectivity index (χ1n) is 7.59. The van der Waals surface area contributed by atoms with Crippen molar-refractivity contribution in [3.05, 3.63) is 83.7 Å². The molecule has 1 aromatic heterocycles. The number of benzene rings is 2. The molecule has 0 amide bonds. The molecule has 0 saturated heterocycles. The average Bonchev–Trinajstić information content (AvgIpc) is 3.00. The SMILES string of the molecule is COc1ccc([C@H]2[NH2+]Cc3ccccc3-n3cccc32)cc1. The Hall–Kier alpha value is -2.52. The molecule has 3 heteroatoms. The van der Waals surface area contributed by atoms with Gasteiger partial charge in [-0.2, -0.15) is 0 Å². The predicted molar refractivity (Wildman–Crippen MR) is 86.2 cm³/mol. The second kappa shape index (κ2) is 5.35. The Labute approximate surface area is 130 Å². The molecule has 22 heavy (non-hydrogen) atoms. The van der Waals surface area contributed by atoms with Crippen molar-refractivity contribution in [1.29, 1.82) is 0 Å². The summed E-state index contributed by atoms with van der Waals surface area (Å²) in [5, 5.41) is 2.40. The van der Waals surface area contributed by atoms with Crippen LogP contribution in [0.15, 0.2) is 66.9 Å². The lowest BCUT2D eigenvalue weighted by Gasteiger charge is -2.15. The Morgan fingerprint density at radius 2 is 1.82 bits per heavy atom. The number of ether oxygens (including phenoxy) is 1. The van der Waals surface area contributed by atoms with Crippen LogP contribution in [0.2, 0.25) is 0 Å². The largest absolute Gasteiger partial charge is 0.497 e. The molecule has 0 saturated carbocycles. The number of aromatic nitrogens is 1. The molecule has 110 valence electrons. The molecule has 4 rings (SSSR count). The fraction of sp³-hybridized carbons (Fsp3) is 0.158. The molecule has 3 aromatic rings. The molecule has 0 fully saturated rings. The molecule has 2 N–H and O–H groups in total. The Morgan fingerprint density at radius 1 is 1.00 bits per heavy atom. The van der Waals surface area contributed by atoms with Crippen LogP contribution in [0.3, 0.4) is 0 Å². The third-order valence-corrected chi connectivity index (χ3v) is 4.40. The number of fused-ring (bicyclic) bond motifs is 3. The van der Waals surface area contributed by atoms with E-state index in [9.17, 15) is 0 Å². The van der Waals surface area contributed by atoms with Gasteiger partial charge in [-0.25, -0.2) is 0 Å². The zero-order chi connectivity index (χ0) is 14.9. The summed E-state index contributed by atoms with van der Waals surface area (Å²) in [6.45, 7) is 0.981. The van der Waals surface area contributed by atoms with E-state index in [0.29, 0.717) is 6.04 Å². The van der Waals surface area contributed by atoms with Crippen LogP contribution < -0.4 is 10.1 Å². The van der Waals surface area contributed by atoms with Crippen molar-refractivity contribution in [2.45, 2.75) is 12.6 Å². The minimum absolute atomic E-state index is 0.299. The quantitative estimate of drug-likeness (QED) is 0.773. The average molecular weight is 291 g/mol. The summed E-state index contributed by atoms with van der Waals surface area (Å²) in [5.41, 5.74) is 5.27. The van der Waals surface area contributed by atoms with E-state index in [4.69, 9.17) is 4.74 Å². The number of nitrogens with zero attached hydrogens (tertiary/aromatic N) is 1. The van der Waals surface area contributed by atoms with Gasteiger partial charge in [-0.15, -0.1) is 0 Å². The van der Waals surface area contributed by atoms with E-state index in [1.165, 1.54) is 22.5 Å². The fourth-order valence-corrected chi connectivity index (χ4v) is 3.27. The monoisotopic (exact) mass is 291 g/mol. The lowest BCUT2D eigenvalue weighted by atomic mass is 10.0. The summed E-state index contributed by atoms with van der Waals surface area (Å²) in [4.78, 5) is 0. The van der Waals surface area contributed by atoms with Crippen molar-refractivity contribution < 1.29 is 10.1 Å². The molecule has 2 aromatic carbocycles. The zero-order valence-corrected chi connectivity index (χ0v) is 12.6. The summed E-state index contributed by atoms with van der Waals surface area (Å²) in [6.07, 6.45) is 2.16. The molecule has 0 aliphatic carbocycles. The van der Waals surface area contributed by atoms with E-state index in [-0.39, 0.29) is 0 Å². The number of nitrogens with two attached hydrogens (primary N) is 1. The highest BCUT2D eigenvalue weighted by Crippen LogP contribution is 2.27. The standard InChI is InChI=1S/C19H18N2O/c1-22-16-10-8-14(9-11-16)19-18-7-4-12-21(18)17-6-3-2-5-15(17)13-20-19/h2-12,19-20H,13H2,1H3/p+1/t19-/m1/s1. The van der Waals surface area contributed by atoms with Crippen molar-refractivity contribution in [2.75, 3.05) is 7.11 Å². The molecule has 1 aliphatic heterocycles. The van der Waals surface area contributed by atoms with Crippen molar-refractivity contribution in [3.63, 3.8) is 0 Å². The first kappa shape index (κ1) is 13.2. The summed E-state index contributed by atoms with van der Waals surface area (Å²) < 4.78 is 7.58. The van der Waals surface area contributed by atoms with Crippen LogP contribution in [0, 0.1) is 0 Å². The molecule has 1 atom stereocenters. The van der Waals surface area contributed by atoms with E-state index in [1.54, 1.807) is 7.11 Å². The normalized spacial score (nSPS) is 16.5. The van der Waals surface area contributed by atoms with Gasteiger partial charge in [-0.1, -0.05) is 18.2 Å². The maximum Gasteiger partial charge on any atom is 0.153 e. The van der Waals surface area contributed by atoms with Gasteiger partial charge in [0.25, 0.3) is 0 Å². The highest BCUT2D eigenvalue weighted by molar-refractivity contribution is 5.45. The molecule has 0 spiro atoms. The maximum atomic E-state index is 5.27. The predicted octanol–water partition coefficient (Wildman–Crippen LogP) is 2.65. The van der Waals surface area contributed by atoms with E-state index in [2.05, 4.69) is 64.6 Å². The van der Waals surface area contributed by atoms with Crippen LogP contribution in [0.1, 0.15) is 22.9 Å². The molecule has 3 nitrogen and oxygen atoms in total. The molecular weight excluding hydrogens is 272 g/mol. The van der Waals surface area contributed by atoms with E-state index in [0.717, 1.165) is 12.3 Å². The van der Waals surface area contributed by atoms with E-state index < -0.39 is 0 Å². The summed E-state index contributed by atoms with van der Waals surface area (Å²) >= 11 is 0. The Morgan fingerprint density at radius 3 is 2.64 bits per heavy atom. The Balaban J connectivity index is 1.80. The molecule has 0 unspecified atom stereocenters. The summed E-state index contributed by atoms with van der Waals surface area (Å²) in [7, 11) is 1.70. The molecule has 2 heterocycles. The van der Waals surface area contributed by atoms with Crippen molar-refractivity contribution in [1.82, 2.24) is 4.57 Å².